The summed E-state index contributed by atoms with van der Waals surface area (Å²) in [6.07, 6.45) is 4.39. The van der Waals surface area contributed by atoms with Crippen molar-refractivity contribution in [2.24, 2.45) is 5.92 Å². The van der Waals surface area contributed by atoms with Crippen molar-refractivity contribution in [1.29, 1.82) is 0 Å². The highest BCUT2D eigenvalue weighted by Gasteiger charge is 2.47. The monoisotopic (exact) mass is 227 g/mol. The fraction of sp³-hybridized carbons (Fsp3) is 0.727. The minimum atomic E-state index is -0.746. The summed E-state index contributed by atoms with van der Waals surface area (Å²) in [5.74, 6) is -1.58. The molecular formula is C11H17NO4. The number of hydrogen-bond donors (Lipinski definition) is 1. The Bertz CT molecular complexity index is 303. The molecule has 0 aromatic heterocycles. The molecule has 0 amide bonds. The van der Waals surface area contributed by atoms with Gasteiger partial charge in [-0.15, -0.1) is 0 Å². The third-order valence-corrected chi connectivity index (χ3v) is 3.48. The molecular weight excluding hydrogens is 210 g/mol. The van der Waals surface area contributed by atoms with Crippen LogP contribution in [-0.4, -0.2) is 55.1 Å². The molecule has 2 unspecified atom stereocenters. The van der Waals surface area contributed by atoms with E-state index in [2.05, 4.69) is 4.90 Å². The molecule has 1 aliphatic carbocycles. The third kappa shape index (κ3) is 1.86. The molecule has 0 spiro atoms. The van der Waals surface area contributed by atoms with Gasteiger partial charge in [0.25, 0.3) is 0 Å². The number of carbonyl (C=O) groups is 1. The molecule has 0 bridgehead atoms. The normalized spacial score (nSPS) is 32.6. The lowest BCUT2D eigenvalue weighted by Crippen LogP contribution is -2.66. The summed E-state index contributed by atoms with van der Waals surface area (Å²) in [6, 6.07) is 0.208. The van der Waals surface area contributed by atoms with E-state index in [9.17, 15) is 4.79 Å². The van der Waals surface area contributed by atoms with E-state index < -0.39 is 11.8 Å². The van der Waals surface area contributed by atoms with Crippen LogP contribution in [0.5, 0.6) is 0 Å². The molecule has 0 aromatic rings. The van der Waals surface area contributed by atoms with Crippen LogP contribution in [0.3, 0.4) is 0 Å². The van der Waals surface area contributed by atoms with Gasteiger partial charge in [0, 0.05) is 20.3 Å². The second-order valence-corrected chi connectivity index (χ2v) is 4.36. The number of carboxylic acid groups (broad SMARTS) is 1. The number of carboxylic acids is 1. The predicted octanol–water partition coefficient (Wildman–Crippen LogP) is 0.320. The molecule has 1 heterocycles. The van der Waals surface area contributed by atoms with Gasteiger partial charge in [-0.05, 0) is 6.42 Å². The highest BCUT2D eigenvalue weighted by Crippen LogP contribution is 2.32. The fourth-order valence-electron chi connectivity index (χ4n) is 2.28. The van der Waals surface area contributed by atoms with Crippen LogP contribution in [0.1, 0.15) is 6.42 Å². The van der Waals surface area contributed by atoms with E-state index in [1.807, 2.05) is 6.08 Å². The Balaban J connectivity index is 1.86. The van der Waals surface area contributed by atoms with E-state index >= 15 is 0 Å². The summed E-state index contributed by atoms with van der Waals surface area (Å²) >= 11 is 0. The number of nitrogens with zero attached hydrogens (tertiary/aromatic N) is 1. The van der Waals surface area contributed by atoms with Crippen LogP contribution in [0, 0.1) is 5.92 Å². The number of aliphatic carboxylic acids is 1. The van der Waals surface area contributed by atoms with Gasteiger partial charge in [0.15, 0.2) is 5.79 Å². The summed E-state index contributed by atoms with van der Waals surface area (Å²) in [6.45, 7) is 1.39. The van der Waals surface area contributed by atoms with Gasteiger partial charge in [-0.3, -0.25) is 9.69 Å². The van der Waals surface area contributed by atoms with Gasteiger partial charge in [0.2, 0.25) is 0 Å². The zero-order valence-corrected chi connectivity index (χ0v) is 9.55. The van der Waals surface area contributed by atoms with Crippen molar-refractivity contribution in [3.8, 4) is 0 Å². The smallest absolute Gasteiger partial charge is 0.310 e. The van der Waals surface area contributed by atoms with Crippen molar-refractivity contribution in [3.63, 3.8) is 0 Å². The van der Waals surface area contributed by atoms with Crippen LogP contribution < -0.4 is 0 Å². The first-order chi connectivity index (χ1) is 7.60. The summed E-state index contributed by atoms with van der Waals surface area (Å²) < 4.78 is 10.6. The number of rotatable bonds is 4. The van der Waals surface area contributed by atoms with E-state index in [-0.39, 0.29) is 12.0 Å². The van der Waals surface area contributed by atoms with Crippen LogP contribution in [0.15, 0.2) is 12.2 Å². The zero-order chi connectivity index (χ0) is 11.8. The molecule has 0 radical (unpaired) electrons. The van der Waals surface area contributed by atoms with Gasteiger partial charge in [0.1, 0.15) is 0 Å². The lowest BCUT2D eigenvalue weighted by Gasteiger charge is -2.49. The molecule has 0 saturated carbocycles. The van der Waals surface area contributed by atoms with E-state index in [4.69, 9.17) is 14.6 Å². The first kappa shape index (κ1) is 11.6. The first-order valence-corrected chi connectivity index (χ1v) is 5.36. The Hall–Kier alpha value is -0.910. The summed E-state index contributed by atoms with van der Waals surface area (Å²) in [4.78, 5) is 13.0. The minimum absolute atomic E-state index is 0.208. The lowest BCUT2D eigenvalue weighted by atomic mass is 10.0. The van der Waals surface area contributed by atoms with E-state index in [0.717, 1.165) is 0 Å². The molecule has 16 heavy (non-hydrogen) atoms. The number of hydrogen-bond acceptors (Lipinski definition) is 4. The first-order valence-electron chi connectivity index (χ1n) is 5.36. The average molecular weight is 227 g/mol. The van der Waals surface area contributed by atoms with Crippen LogP contribution >= 0.6 is 0 Å². The van der Waals surface area contributed by atoms with Crippen molar-refractivity contribution in [1.82, 2.24) is 4.90 Å². The van der Waals surface area contributed by atoms with Crippen molar-refractivity contribution in [3.05, 3.63) is 12.2 Å². The van der Waals surface area contributed by atoms with Gasteiger partial charge in [0.05, 0.1) is 19.0 Å². The molecule has 0 aromatic carbocycles. The largest absolute Gasteiger partial charge is 0.481 e. The molecule has 90 valence electrons. The quantitative estimate of drug-likeness (QED) is 0.553. The average Bonchev–Trinajstić information content (AvgIpc) is 2.67. The van der Waals surface area contributed by atoms with Crippen LogP contribution in [0.4, 0.5) is 0 Å². The molecule has 2 atom stereocenters. The third-order valence-electron chi connectivity index (χ3n) is 3.48. The fourth-order valence-corrected chi connectivity index (χ4v) is 2.28. The Morgan fingerprint density at radius 3 is 2.44 bits per heavy atom. The Kier molecular flexibility index (Phi) is 3.01. The van der Waals surface area contributed by atoms with Crippen LogP contribution in [-0.2, 0) is 14.3 Å². The van der Waals surface area contributed by atoms with Gasteiger partial charge in [-0.25, -0.2) is 0 Å². The minimum Gasteiger partial charge on any atom is -0.481 e. The lowest BCUT2D eigenvalue weighted by molar-refractivity contribution is -0.279. The van der Waals surface area contributed by atoms with Crippen LogP contribution in [0.2, 0.25) is 0 Å². The number of ether oxygens (including phenoxy) is 2. The second kappa shape index (κ2) is 4.16. The SMILES string of the molecule is COC1(OC)CN(C2C=CC(C(=O)O)C2)C1. The van der Waals surface area contributed by atoms with E-state index in [1.54, 1.807) is 20.3 Å². The second-order valence-electron chi connectivity index (χ2n) is 4.36. The molecule has 1 N–H and O–H groups in total. The van der Waals surface area contributed by atoms with Gasteiger partial charge < -0.3 is 14.6 Å². The highest BCUT2D eigenvalue weighted by molar-refractivity contribution is 5.73. The van der Waals surface area contributed by atoms with Gasteiger partial charge in [-0.2, -0.15) is 0 Å². The van der Waals surface area contributed by atoms with Crippen molar-refractivity contribution < 1.29 is 19.4 Å². The number of likely N-dealkylation sites (tertiary alicyclic amines) is 1. The Morgan fingerprint density at radius 1 is 1.38 bits per heavy atom. The Morgan fingerprint density at radius 2 is 2.00 bits per heavy atom. The number of methoxy groups -OCH3 is 2. The maximum Gasteiger partial charge on any atom is 0.310 e. The molecule has 2 rings (SSSR count). The van der Waals surface area contributed by atoms with Crippen molar-refractivity contribution in [2.45, 2.75) is 18.2 Å². The molecule has 1 fully saturated rings. The van der Waals surface area contributed by atoms with Crippen molar-refractivity contribution >= 4 is 5.97 Å². The standard InChI is InChI=1S/C11H17NO4/c1-15-11(16-2)6-12(7-11)9-4-3-8(5-9)10(13)14/h3-4,8-9H,5-7H2,1-2H3,(H,13,14). The molecule has 2 aliphatic rings. The molecule has 1 aliphatic heterocycles. The van der Waals surface area contributed by atoms with Gasteiger partial charge >= 0.3 is 5.97 Å². The van der Waals surface area contributed by atoms with E-state index in [1.165, 1.54) is 0 Å². The van der Waals surface area contributed by atoms with Crippen LogP contribution in [0.25, 0.3) is 0 Å². The van der Waals surface area contributed by atoms with Gasteiger partial charge in [-0.1, -0.05) is 12.2 Å². The maximum atomic E-state index is 10.8. The Labute approximate surface area is 94.6 Å². The summed E-state index contributed by atoms with van der Waals surface area (Å²) in [7, 11) is 3.26. The summed E-state index contributed by atoms with van der Waals surface area (Å²) in [5.41, 5.74) is 0. The van der Waals surface area contributed by atoms with E-state index in [0.29, 0.717) is 19.5 Å². The topological polar surface area (TPSA) is 59.0 Å². The zero-order valence-electron chi connectivity index (χ0n) is 9.55. The molecule has 5 nitrogen and oxygen atoms in total. The molecule has 5 heteroatoms. The molecule has 1 saturated heterocycles. The van der Waals surface area contributed by atoms with Crippen molar-refractivity contribution in [2.75, 3.05) is 27.3 Å². The maximum absolute atomic E-state index is 10.8. The highest BCUT2D eigenvalue weighted by atomic mass is 16.7. The predicted molar refractivity (Wildman–Crippen MR) is 57.0 cm³/mol. The summed E-state index contributed by atoms with van der Waals surface area (Å²) in [5, 5.41) is 8.88.